The number of benzene rings is 3. The van der Waals surface area contributed by atoms with Gasteiger partial charge in [-0.2, -0.15) is 0 Å². The van der Waals surface area contributed by atoms with Gasteiger partial charge < -0.3 is 14.8 Å². The number of rotatable bonds is 10. The zero-order valence-corrected chi connectivity index (χ0v) is 23.3. The molecule has 1 N–H and O–H groups in total. The van der Waals surface area contributed by atoms with Gasteiger partial charge in [-0.25, -0.2) is 26.5 Å². The first-order valence-electron chi connectivity index (χ1n) is 11.8. The van der Waals surface area contributed by atoms with Crippen LogP contribution >= 0.6 is 22.9 Å². The smallest absolute Gasteiger partial charge is 0.269 e. The highest BCUT2D eigenvalue weighted by Gasteiger charge is 2.46. The lowest BCUT2D eigenvalue weighted by Crippen LogP contribution is -2.31. The van der Waals surface area contributed by atoms with Crippen LogP contribution < -0.4 is 19.1 Å². The molecule has 1 aromatic heterocycles. The minimum atomic E-state index is -4.47. The van der Waals surface area contributed by atoms with E-state index >= 15 is 4.39 Å². The summed E-state index contributed by atoms with van der Waals surface area (Å²) in [6.45, 7) is -0.184. The van der Waals surface area contributed by atoms with E-state index in [0.29, 0.717) is 35.5 Å². The molecule has 0 saturated heterocycles. The van der Waals surface area contributed by atoms with Crippen molar-refractivity contribution in [2.24, 2.45) is 0 Å². The first-order valence-corrected chi connectivity index (χ1v) is 14.5. The third-order valence-electron chi connectivity index (χ3n) is 6.54. The number of nitrogens with zero attached hydrogens (tertiary/aromatic N) is 2. The molecule has 0 radical (unpaired) electrons. The van der Waals surface area contributed by atoms with Crippen LogP contribution in [0.4, 0.5) is 19.6 Å². The molecule has 39 heavy (non-hydrogen) atoms. The summed E-state index contributed by atoms with van der Waals surface area (Å²) in [5, 5.41) is 4.89. The number of nitrogens with one attached hydrogen (secondary N) is 1. The van der Waals surface area contributed by atoms with Gasteiger partial charge >= 0.3 is 0 Å². The van der Waals surface area contributed by atoms with E-state index in [4.69, 9.17) is 21.1 Å². The largest absolute Gasteiger partial charge is 0.497 e. The zero-order chi connectivity index (χ0) is 27.8. The first kappa shape index (κ1) is 27.2. The standard InChI is InChI=1S/C27H24ClF2N3O4S2/c1-36-18-8-7-17(24(13-18)37-2)16-33(26-31-11-12-38-26)39(34,35)25-14-20(28)23(15-22(25)30)32-27(9-10-27)19-5-3-4-6-21(19)29/h3-8,11-15,32H,9-10,16H2,1-2H3. The predicted molar refractivity (Wildman–Crippen MR) is 147 cm³/mol. The molecule has 0 amide bonds. The SMILES string of the molecule is COc1ccc(CN(c2nccs2)S(=O)(=O)c2cc(Cl)c(NC3(c4ccccc4F)CC3)cc2F)c(OC)c1. The van der Waals surface area contributed by atoms with Gasteiger partial charge in [-0.05, 0) is 43.2 Å². The molecule has 3 aromatic carbocycles. The van der Waals surface area contributed by atoms with E-state index in [9.17, 15) is 12.8 Å². The topological polar surface area (TPSA) is 80.8 Å². The van der Waals surface area contributed by atoms with Gasteiger partial charge in [0.15, 0.2) is 5.13 Å². The van der Waals surface area contributed by atoms with Crippen LogP contribution in [-0.2, 0) is 22.1 Å². The molecule has 0 atom stereocenters. The average Bonchev–Trinajstić information content (AvgIpc) is 3.49. The maximum atomic E-state index is 15.6. The number of aromatic nitrogens is 1. The van der Waals surface area contributed by atoms with E-state index in [1.54, 1.807) is 41.8 Å². The normalized spacial score (nSPS) is 14.1. The molecule has 5 rings (SSSR count). The Labute approximate surface area is 234 Å². The second-order valence-electron chi connectivity index (χ2n) is 8.95. The number of hydrogen-bond acceptors (Lipinski definition) is 7. The molecule has 204 valence electrons. The monoisotopic (exact) mass is 591 g/mol. The summed E-state index contributed by atoms with van der Waals surface area (Å²) in [5.74, 6) is -0.461. The van der Waals surface area contributed by atoms with Crippen molar-refractivity contribution in [3.63, 3.8) is 0 Å². The Balaban J connectivity index is 1.50. The lowest BCUT2D eigenvalue weighted by molar-refractivity contribution is 0.391. The van der Waals surface area contributed by atoms with E-state index in [-0.39, 0.29) is 28.2 Å². The lowest BCUT2D eigenvalue weighted by Gasteiger charge is -2.24. The van der Waals surface area contributed by atoms with Crippen LogP contribution in [0.3, 0.4) is 0 Å². The van der Waals surface area contributed by atoms with Crippen molar-refractivity contribution in [3.05, 3.63) is 94.0 Å². The Morgan fingerprint density at radius 3 is 2.49 bits per heavy atom. The average molecular weight is 592 g/mol. The first-order chi connectivity index (χ1) is 18.7. The predicted octanol–water partition coefficient (Wildman–Crippen LogP) is 6.59. The van der Waals surface area contributed by atoms with E-state index in [2.05, 4.69) is 10.3 Å². The summed E-state index contributed by atoms with van der Waals surface area (Å²) in [6, 6.07) is 13.4. The van der Waals surface area contributed by atoms with E-state index in [0.717, 1.165) is 27.8 Å². The van der Waals surface area contributed by atoms with Crippen molar-refractivity contribution in [2.45, 2.75) is 29.8 Å². The van der Waals surface area contributed by atoms with Gasteiger partial charge in [-0.15, -0.1) is 11.3 Å². The minimum absolute atomic E-state index is 0.0151. The molecule has 1 saturated carbocycles. The van der Waals surface area contributed by atoms with Gasteiger partial charge in [-0.3, -0.25) is 0 Å². The molecule has 0 bridgehead atoms. The molecular weight excluding hydrogens is 568 g/mol. The Morgan fingerprint density at radius 2 is 1.85 bits per heavy atom. The zero-order valence-electron chi connectivity index (χ0n) is 20.9. The van der Waals surface area contributed by atoms with Crippen molar-refractivity contribution < 1.29 is 26.7 Å². The summed E-state index contributed by atoms with van der Waals surface area (Å²) < 4.78 is 69.4. The molecule has 1 aliphatic rings. The number of hydrogen-bond donors (Lipinski definition) is 1. The van der Waals surface area contributed by atoms with Crippen LogP contribution in [0.15, 0.2) is 71.1 Å². The maximum Gasteiger partial charge on any atom is 0.269 e. The Morgan fingerprint density at radius 1 is 1.08 bits per heavy atom. The van der Waals surface area contributed by atoms with Gasteiger partial charge in [0.2, 0.25) is 0 Å². The van der Waals surface area contributed by atoms with Gasteiger partial charge in [0.25, 0.3) is 10.0 Å². The Bertz CT molecular complexity index is 1610. The van der Waals surface area contributed by atoms with E-state index < -0.39 is 26.3 Å². The molecular formula is C27H24ClF2N3O4S2. The van der Waals surface area contributed by atoms with Crippen molar-refractivity contribution in [2.75, 3.05) is 23.8 Å². The summed E-state index contributed by atoms with van der Waals surface area (Å²) in [7, 11) is -1.51. The second kappa shape index (κ2) is 10.6. The second-order valence-corrected chi connectivity index (χ2v) is 12.1. The Hall–Kier alpha value is -3.41. The fourth-order valence-corrected chi connectivity index (χ4v) is 6.98. The Kier molecular flexibility index (Phi) is 7.41. The summed E-state index contributed by atoms with van der Waals surface area (Å²) in [4.78, 5) is 3.54. The summed E-state index contributed by atoms with van der Waals surface area (Å²) in [5.41, 5.74) is 0.398. The molecule has 4 aromatic rings. The third-order valence-corrected chi connectivity index (χ3v) is 9.52. The van der Waals surface area contributed by atoms with Gasteiger partial charge in [-0.1, -0.05) is 29.8 Å². The highest BCUT2D eigenvalue weighted by Crippen LogP contribution is 2.50. The van der Waals surface area contributed by atoms with Gasteiger partial charge in [0.1, 0.15) is 28.0 Å². The quantitative estimate of drug-likeness (QED) is 0.224. The van der Waals surface area contributed by atoms with Crippen LogP contribution in [-0.4, -0.2) is 27.6 Å². The number of methoxy groups -OCH3 is 2. The van der Waals surface area contributed by atoms with Gasteiger partial charge in [0.05, 0.1) is 37.0 Å². The number of halogens is 3. The van der Waals surface area contributed by atoms with E-state index in [1.807, 2.05) is 0 Å². The van der Waals surface area contributed by atoms with Gasteiger partial charge in [0, 0.05) is 28.8 Å². The molecule has 0 spiro atoms. The molecule has 12 heteroatoms. The minimum Gasteiger partial charge on any atom is -0.497 e. The van der Waals surface area contributed by atoms with Crippen LogP contribution in [0, 0.1) is 11.6 Å². The van der Waals surface area contributed by atoms with Crippen LogP contribution in [0.2, 0.25) is 5.02 Å². The molecule has 1 aliphatic carbocycles. The number of anilines is 2. The van der Waals surface area contributed by atoms with Crippen molar-refractivity contribution in [1.29, 1.82) is 0 Å². The summed E-state index contributed by atoms with van der Waals surface area (Å²) >= 11 is 7.57. The van der Waals surface area contributed by atoms with E-state index in [1.165, 1.54) is 26.5 Å². The summed E-state index contributed by atoms with van der Waals surface area (Å²) in [6.07, 6.45) is 2.70. The van der Waals surface area contributed by atoms with Crippen LogP contribution in [0.5, 0.6) is 11.5 Å². The molecule has 1 heterocycles. The van der Waals surface area contributed by atoms with Crippen molar-refractivity contribution in [1.82, 2.24) is 4.98 Å². The highest BCUT2D eigenvalue weighted by molar-refractivity contribution is 7.93. The third kappa shape index (κ3) is 5.26. The number of thiazole rings is 1. The number of sulfonamides is 1. The molecule has 0 unspecified atom stereocenters. The number of ether oxygens (including phenoxy) is 2. The fraction of sp³-hybridized carbons (Fsp3) is 0.222. The van der Waals surface area contributed by atoms with Crippen LogP contribution in [0.1, 0.15) is 24.0 Å². The van der Waals surface area contributed by atoms with Crippen LogP contribution in [0.25, 0.3) is 0 Å². The lowest BCUT2D eigenvalue weighted by atomic mass is 10.0. The molecule has 0 aliphatic heterocycles. The van der Waals surface area contributed by atoms with Crippen molar-refractivity contribution >= 4 is 43.8 Å². The molecule has 7 nitrogen and oxygen atoms in total. The molecule has 1 fully saturated rings. The highest BCUT2D eigenvalue weighted by atomic mass is 35.5. The fourth-order valence-electron chi connectivity index (χ4n) is 4.37. The maximum absolute atomic E-state index is 15.6. The van der Waals surface area contributed by atoms with Crippen molar-refractivity contribution in [3.8, 4) is 11.5 Å².